The molecule has 1 aromatic rings. The van der Waals surface area contributed by atoms with E-state index in [1.807, 2.05) is 0 Å². The van der Waals surface area contributed by atoms with Crippen molar-refractivity contribution in [1.29, 1.82) is 0 Å². The zero-order valence-corrected chi connectivity index (χ0v) is 8.01. The molecule has 2 N–H and O–H groups in total. The first-order valence-electron chi connectivity index (χ1n) is 4.30. The van der Waals surface area contributed by atoms with Gasteiger partial charge in [0.15, 0.2) is 11.6 Å². The van der Waals surface area contributed by atoms with E-state index in [1.165, 1.54) is 18.1 Å². The molecule has 6 heteroatoms. The second-order valence-corrected chi connectivity index (χ2v) is 3.12. The Labute approximate surface area is 85.6 Å². The average molecular weight is 207 g/mol. The molecule has 0 saturated carbocycles. The topological polar surface area (TPSA) is 85.5 Å². The van der Waals surface area contributed by atoms with E-state index in [9.17, 15) is 9.59 Å². The van der Waals surface area contributed by atoms with Crippen molar-refractivity contribution in [2.75, 3.05) is 11.9 Å². The van der Waals surface area contributed by atoms with E-state index in [4.69, 9.17) is 10.5 Å². The lowest BCUT2D eigenvalue weighted by atomic mass is 10.2. The molecular weight excluding hydrogens is 198 g/mol. The minimum atomic E-state index is -1.26. The number of hydrogen-bond donors (Lipinski definition) is 1. The number of anilines is 1. The van der Waals surface area contributed by atoms with Crippen LogP contribution in [0.1, 0.15) is 0 Å². The number of nitrogens with zero attached hydrogens (tertiary/aromatic N) is 2. The zero-order chi connectivity index (χ0) is 11.0. The molecule has 1 aliphatic rings. The monoisotopic (exact) mass is 207 g/mol. The maximum absolute atomic E-state index is 11.6. The minimum absolute atomic E-state index is 0.378. The van der Waals surface area contributed by atoms with Gasteiger partial charge in [0, 0.05) is 13.2 Å². The summed E-state index contributed by atoms with van der Waals surface area (Å²) >= 11 is 0. The lowest BCUT2D eigenvalue weighted by Crippen LogP contribution is -2.50. The van der Waals surface area contributed by atoms with Crippen molar-refractivity contribution in [3.05, 3.63) is 18.3 Å². The van der Waals surface area contributed by atoms with Gasteiger partial charge in [-0.25, -0.2) is 4.98 Å². The van der Waals surface area contributed by atoms with Crippen molar-refractivity contribution in [3.63, 3.8) is 0 Å². The van der Waals surface area contributed by atoms with Gasteiger partial charge >= 0.3 is 0 Å². The van der Waals surface area contributed by atoms with Crippen LogP contribution in [0.2, 0.25) is 0 Å². The van der Waals surface area contributed by atoms with Crippen LogP contribution in [0.25, 0.3) is 0 Å². The number of nitrogens with two attached hydrogens (primary N) is 1. The molecule has 2 rings (SSSR count). The second kappa shape index (κ2) is 3.23. The number of likely N-dealkylation sites (N-methyl/N-ethyl adjacent to an activating group) is 1. The number of carbonyl (C=O) groups is 2. The molecule has 0 radical (unpaired) electrons. The molecule has 1 atom stereocenters. The molecule has 78 valence electrons. The number of pyridine rings is 1. The van der Waals surface area contributed by atoms with Gasteiger partial charge in [0.1, 0.15) is 0 Å². The van der Waals surface area contributed by atoms with Crippen molar-refractivity contribution in [2.24, 2.45) is 5.73 Å². The van der Waals surface area contributed by atoms with Crippen LogP contribution < -0.4 is 15.4 Å². The number of amides is 2. The third-order valence-electron chi connectivity index (χ3n) is 2.13. The van der Waals surface area contributed by atoms with E-state index < -0.39 is 17.9 Å². The average Bonchev–Trinajstić information content (AvgIpc) is 2.23. The minimum Gasteiger partial charge on any atom is -0.467 e. The number of aromatic nitrogens is 1. The molecule has 2 amide bonds. The van der Waals surface area contributed by atoms with E-state index in [2.05, 4.69) is 4.98 Å². The summed E-state index contributed by atoms with van der Waals surface area (Å²) in [6.07, 6.45) is 0.281. The molecule has 2 heterocycles. The summed E-state index contributed by atoms with van der Waals surface area (Å²) in [7, 11) is 1.52. The predicted molar refractivity (Wildman–Crippen MR) is 51.3 cm³/mol. The van der Waals surface area contributed by atoms with Gasteiger partial charge in [0.25, 0.3) is 17.9 Å². The Morgan fingerprint density at radius 2 is 2.40 bits per heavy atom. The highest BCUT2D eigenvalue weighted by Crippen LogP contribution is 2.29. The normalized spacial score (nSPS) is 19.4. The molecular formula is C9H9N3O3. The van der Waals surface area contributed by atoms with E-state index in [0.717, 1.165) is 0 Å². The summed E-state index contributed by atoms with van der Waals surface area (Å²) in [5.74, 6) is -0.543. The van der Waals surface area contributed by atoms with Gasteiger partial charge in [0.2, 0.25) is 0 Å². The van der Waals surface area contributed by atoms with Crippen molar-refractivity contribution in [1.82, 2.24) is 4.98 Å². The van der Waals surface area contributed by atoms with Crippen molar-refractivity contribution < 1.29 is 14.3 Å². The highest BCUT2D eigenvalue weighted by molar-refractivity contribution is 6.11. The quantitative estimate of drug-likeness (QED) is 0.616. The van der Waals surface area contributed by atoms with Gasteiger partial charge in [0.05, 0.1) is 0 Å². The van der Waals surface area contributed by atoms with Gasteiger partial charge in [-0.1, -0.05) is 0 Å². The Hall–Kier alpha value is -2.11. The molecule has 15 heavy (non-hydrogen) atoms. The molecule has 1 aliphatic heterocycles. The lowest BCUT2D eigenvalue weighted by Gasteiger charge is -2.28. The van der Waals surface area contributed by atoms with Crippen LogP contribution in [0.5, 0.6) is 5.75 Å². The Bertz CT molecular complexity index is 432. The molecule has 6 nitrogen and oxygen atoms in total. The highest BCUT2D eigenvalue weighted by Gasteiger charge is 2.36. The van der Waals surface area contributed by atoms with Crippen LogP contribution in [0.4, 0.5) is 5.82 Å². The molecule has 0 spiro atoms. The summed E-state index contributed by atoms with van der Waals surface area (Å²) in [6, 6.07) is 3.28. The van der Waals surface area contributed by atoms with Crippen LogP contribution in [-0.4, -0.2) is 29.9 Å². The van der Waals surface area contributed by atoms with Crippen LogP contribution in [-0.2, 0) is 9.59 Å². The highest BCUT2D eigenvalue weighted by atomic mass is 16.5. The molecule has 0 bridgehead atoms. The Balaban J connectivity index is 2.45. The molecule has 0 saturated heterocycles. The molecule has 0 aliphatic carbocycles. The summed E-state index contributed by atoms with van der Waals surface area (Å²) in [5.41, 5.74) is 5.05. The lowest BCUT2D eigenvalue weighted by molar-refractivity contribution is -0.136. The summed E-state index contributed by atoms with van der Waals surface area (Å²) in [5, 5.41) is 0. The summed E-state index contributed by atoms with van der Waals surface area (Å²) in [6.45, 7) is 0. The van der Waals surface area contributed by atoms with Crippen molar-refractivity contribution in [3.8, 4) is 5.75 Å². The Morgan fingerprint density at radius 3 is 3.07 bits per heavy atom. The van der Waals surface area contributed by atoms with Gasteiger partial charge in [-0.05, 0) is 12.1 Å². The van der Waals surface area contributed by atoms with Crippen molar-refractivity contribution >= 4 is 17.6 Å². The van der Waals surface area contributed by atoms with E-state index in [1.54, 1.807) is 12.1 Å². The fourth-order valence-corrected chi connectivity index (χ4v) is 1.36. The number of carbonyl (C=O) groups excluding carboxylic acids is 2. The zero-order valence-electron chi connectivity index (χ0n) is 8.01. The van der Waals surface area contributed by atoms with Crippen LogP contribution in [0.3, 0.4) is 0 Å². The molecule has 1 unspecified atom stereocenters. The van der Waals surface area contributed by atoms with E-state index in [-0.39, 0.29) is 0 Å². The first-order chi connectivity index (χ1) is 7.11. The molecule has 0 aromatic carbocycles. The maximum Gasteiger partial charge on any atom is 0.278 e. The molecule has 0 fully saturated rings. The smallest absolute Gasteiger partial charge is 0.278 e. The third kappa shape index (κ3) is 1.39. The number of fused-ring (bicyclic) bond motifs is 1. The standard InChI is InChI=1S/C9H9N3O3/c1-12-8-5(3-2-4-11-8)15-6(7(10)13)9(12)14/h2-4,6H,1H3,(H2,10,13). The Morgan fingerprint density at radius 1 is 1.67 bits per heavy atom. The largest absolute Gasteiger partial charge is 0.467 e. The van der Waals surface area contributed by atoms with Crippen LogP contribution in [0, 0.1) is 0 Å². The number of ether oxygens (including phenoxy) is 1. The first-order valence-corrected chi connectivity index (χ1v) is 4.30. The van der Waals surface area contributed by atoms with Gasteiger partial charge < -0.3 is 10.5 Å². The number of hydrogen-bond acceptors (Lipinski definition) is 4. The van der Waals surface area contributed by atoms with Crippen LogP contribution in [0.15, 0.2) is 18.3 Å². The van der Waals surface area contributed by atoms with E-state index in [0.29, 0.717) is 11.6 Å². The number of rotatable bonds is 1. The van der Waals surface area contributed by atoms with Gasteiger partial charge in [-0.2, -0.15) is 0 Å². The SMILES string of the molecule is CN1C(=O)C(C(N)=O)Oc2cccnc21. The predicted octanol–water partition coefficient (Wildman–Crippen LogP) is -0.709. The van der Waals surface area contributed by atoms with Gasteiger partial charge in [-0.15, -0.1) is 0 Å². The summed E-state index contributed by atoms with van der Waals surface area (Å²) < 4.78 is 5.15. The van der Waals surface area contributed by atoms with Crippen molar-refractivity contribution in [2.45, 2.75) is 6.10 Å². The summed E-state index contributed by atoms with van der Waals surface area (Å²) in [4.78, 5) is 27.8. The number of primary amides is 1. The fraction of sp³-hybridized carbons (Fsp3) is 0.222. The molecule has 1 aromatic heterocycles. The van der Waals surface area contributed by atoms with Crippen LogP contribution >= 0.6 is 0 Å². The van der Waals surface area contributed by atoms with E-state index >= 15 is 0 Å². The third-order valence-corrected chi connectivity index (χ3v) is 2.13. The maximum atomic E-state index is 11.6. The Kier molecular flexibility index (Phi) is 2.03. The second-order valence-electron chi connectivity index (χ2n) is 3.12. The fourth-order valence-electron chi connectivity index (χ4n) is 1.36. The van der Waals surface area contributed by atoms with Gasteiger partial charge in [-0.3, -0.25) is 14.5 Å². The first kappa shape index (κ1) is 9.45.